The van der Waals surface area contributed by atoms with Gasteiger partial charge in [0, 0.05) is 7.11 Å². The molecular formula is C21H26NO5PS. The Morgan fingerprint density at radius 2 is 1.93 bits per heavy atom. The van der Waals surface area contributed by atoms with E-state index in [0.717, 1.165) is 16.4 Å². The van der Waals surface area contributed by atoms with Crippen molar-refractivity contribution in [2.75, 3.05) is 26.8 Å². The number of benzene rings is 2. The van der Waals surface area contributed by atoms with Crippen molar-refractivity contribution in [3.05, 3.63) is 59.7 Å². The molecule has 29 heavy (non-hydrogen) atoms. The number of nitrogens with one attached hydrogen (secondary N) is 1. The predicted molar refractivity (Wildman–Crippen MR) is 119 cm³/mol. The van der Waals surface area contributed by atoms with Gasteiger partial charge in [-0.25, -0.2) is 0 Å². The highest BCUT2D eigenvalue weighted by molar-refractivity contribution is 7.99. The molecule has 6 nitrogen and oxygen atoms in total. The van der Waals surface area contributed by atoms with Crippen molar-refractivity contribution in [3.8, 4) is 5.75 Å². The number of ether oxygens (including phenoxy) is 3. The third kappa shape index (κ3) is 7.44. The van der Waals surface area contributed by atoms with Crippen molar-refractivity contribution in [2.24, 2.45) is 0 Å². The molecule has 3 unspecified atom stereocenters. The molecule has 0 aliphatic rings. The smallest absolute Gasteiger partial charge is 0.239 e. The Kier molecular flexibility index (Phi) is 10.2. The molecule has 8 heteroatoms. The standard InChI is InChI=1S/C21H26NO5PS/c1-25-14-27-18(17-5-3-4-6-19(17)28)12-26-16-9-7-15(8-10-16)11-20(29-2)21(24)22-13-23/h3-10,13,18,20H,11-12,14,28H2,1-2H3,(H,22,23,24). The number of hydrogen-bond donors (Lipinski definition) is 1. The maximum Gasteiger partial charge on any atom is 0.239 e. The molecule has 2 aromatic carbocycles. The maximum absolute atomic E-state index is 11.9. The molecular weight excluding hydrogens is 409 g/mol. The molecule has 0 aliphatic heterocycles. The van der Waals surface area contributed by atoms with E-state index in [1.807, 2.05) is 54.8 Å². The molecule has 2 aromatic rings. The maximum atomic E-state index is 11.9. The zero-order valence-corrected chi connectivity index (χ0v) is 18.5. The van der Waals surface area contributed by atoms with Crippen LogP contribution in [0.4, 0.5) is 0 Å². The van der Waals surface area contributed by atoms with E-state index in [-0.39, 0.29) is 24.1 Å². The first-order chi connectivity index (χ1) is 14.1. The van der Waals surface area contributed by atoms with Gasteiger partial charge in [-0.05, 0) is 41.2 Å². The van der Waals surface area contributed by atoms with E-state index < -0.39 is 0 Å². The number of amides is 2. The minimum atomic E-state index is -0.322. The molecule has 3 atom stereocenters. The van der Waals surface area contributed by atoms with Crippen LogP contribution >= 0.6 is 21.0 Å². The summed E-state index contributed by atoms with van der Waals surface area (Å²) in [6.07, 6.45) is 2.52. The van der Waals surface area contributed by atoms with Gasteiger partial charge in [-0.2, -0.15) is 11.8 Å². The quantitative estimate of drug-likeness (QED) is 0.314. The molecule has 0 aromatic heterocycles. The molecule has 2 rings (SSSR count). The molecule has 0 bridgehead atoms. The van der Waals surface area contributed by atoms with Crippen molar-refractivity contribution in [1.29, 1.82) is 0 Å². The molecule has 1 N–H and O–H groups in total. The third-order valence-corrected chi connectivity index (χ3v) is 5.73. The summed E-state index contributed by atoms with van der Waals surface area (Å²) >= 11 is 1.41. The first-order valence-corrected chi connectivity index (χ1v) is 10.9. The second kappa shape index (κ2) is 12.6. The van der Waals surface area contributed by atoms with E-state index in [1.165, 1.54) is 11.8 Å². The lowest BCUT2D eigenvalue weighted by Crippen LogP contribution is -2.32. The summed E-state index contributed by atoms with van der Waals surface area (Å²) < 4.78 is 16.8. The van der Waals surface area contributed by atoms with Gasteiger partial charge < -0.3 is 14.2 Å². The Labute approximate surface area is 177 Å². The van der Waals surface area contributed by atoms with E-state index in [4.69, 9.17) is 14.2 Å². The Morgan fingerprint density at radius 3 is 2.55 bits per heavy atom. The van der Waals surface area contributed by atoms with Crippen molar-refractivity contribution < 1.29 is 23.8 Å². The van der Waals surface area contributed by atoms with Gasteiger partial charge in [0.1, 0.15) is 25.3 Å². The number of methoxy groups -OCH3 is 1. The predicted octanol–water partition coefficient (Wildman–Crippen LogP) is 2.47. The average molecular weight is 435 g/mol. The van der Waals surface area contributed by atoms with Crippen LogP contribution in [-0.2, 0) is 25.5 Å². The Hall–Kier alpha value is -1.92. The summed E-state index contributed by atoms with van der Waals surface area (Å²) in [6, 6.07) is 15.5. The van der Waals surface area contributed by atoms with Crippen molar-refractivity contribution in [3.63, 3.8) is 0 Å². The molecule has 0 radical (unpaired) electrons. The number of thioether (sulfide) groups is 1. The molecule has 0 fully saturated rings. The summed E-state index contributed by atoms with van der Waals surface area (Å²) in [7, 11) is 4.29. The molecule has 2 amide bonds. The number of carbonyl (C=O) groups excluding carboxylic acids is 2. The molecule has 0 saturated carbocycles. The number of hydrogen-bond acceptors (Lipinski definition) is 6. The fraction of sp³-hybridized carbons (Fsp3) is 0.333. The molecule has 0 spiro atoms. The van der Waals surface area contributed by atoms with Gasteiger partial charge in [-0.15, -0.1) is 9.24 Å². The SMILES string of the molecule is COCOC(COc1ccc(CC(SC)C(=O)NC=O)cc1)c1ccccc1P. The van der Waals surface area contributed by atoms with Crippen molar-refractivity contribution >= 4 is 38.6 Å². The zero-order valence-electron chi connectivity index (χ0n) is 16.5. The minimum Gasteiger partial charge on any atom is -0.491 e. The van der Waals surface area contributed by atoms with Crippen molar-refractivity contribution in [2.45, 2.75) is 17.8 Å². The second-order valence-electron chi connectivity index (χ2n) is 6.20. The summed E-state index contributed by atoms with van der Waals surface area (Å²) in [6.45, 7) is 0.508. The molecule has 156 valence electrons. The van der Waals surface area contributed by atoms with Crippen LogP contribution in [-0.4, -0.2) is 44.3 Å². The zero-order chi connectivity index (χ0) is 21.1. The van der Waals surface area contributed by atoms with Gasteiger partial charge in [0.15, 0.2) is 0 Å². The molecule has 0 heterocycles. The van der Waals surface area contributed by atoms with Crippen LogP contribution < -0.4 is 15.4 Å². The largest absolute Gasteiger partial charge is 0.491 e. The molecule has 0 aliphatic carbocycles. The number of carbonyl (C=O) groups is 2. The minimum absolute atomic E-state index is 0.172. The van der Waals surface area contributed by atoms with Gasteiger partial charge >= 0.3 is 0 Å². The van der Waals surface area contributed by atoms with Crippen LogP contribution in [0.25, 0.3) is 0 Å². The van der Waals surface area contributed by atoms with Crippen LogP contribution in [0.15, 0.2) is 48.5 Å². The lowest BCUT2D eigenvalue weighted by molar-refractivity contribution is -0.124. The highest BCUT2D eigenvalue weighted by Gasteiger charge is 2.18. The normalized spacial score (nSPS) is 12.8. The number of imide groups is 1. The highest BCUT2D eigenvalue weighted by Crippen LogP contribution is 2.22. The fourth-order valence-electron chi connectivity index (χ4n) is 2.72. The average Bonchev–Trinajstić information content (AvgIpc) is 2.74. The summed E-state index contributed by atoms with van der Waals surface area (Å²) in [5.41, 5.74) is 2.01. The Bertz CT molecular complexity index is 787. The Morgan fingerprint density at radius 1 is 1.21 bits per heavy atom. The summed E-state index contributed by atoms with van der Waals surface area (Å²) in [5.74, 6) is 0.418. The van der Waals surface area contributed by atoms with Crippen LogP contribution in [0.5, 0.6) is 5.75 Å². The Balaban J connectivity index is 1.99. The first kappa shape index (κ1) is 23.4. The second-order valence-corrected chi connectivity index (χ2v) is 7.86. The lowest BCUT2D eigenvalue weighted by atomic mass is 10.1. The van der Waals surface area contributed by atoms with Crippen LogP contribution in [0.2, 0.25) is 0 Å². The molecule has 0 saturated heterocycles. The van der Waals surface area contributed by atoms with Gasteiger partial charge in [0.25, 0.3) is 0 Å². The van der Waals surface area contributed by atoms with Crippen LogP contribution in [0.1, 0.15) is 17.2 Å². The van der Waals surface area contributed by atoms with Gasteiger partial charge in [-0.1, -0.05) is 36.4 Å². The van der Waals surface area contributed by atoms with E-state index in [2.05, 4.69) is 14.6 Å². The van der Waals surface area contributed by atoms with E-state index >= 15 is 0 Å². The summed E-state index contributed by atoms with van der Waals surface area (Å²) in [5, 5.41) is 2.93. The van der Waals surface area contributed by atoms with Gasteiger partial charge in [0.2, 0.25) is 12.3 Å². The van der Waals surface area contributed by atoms with E-state index in [0.29, 0.717) is 25.2 Å². The fourth-order valence-corrected chi connectivity index (χ4v) is 3.76. The monoisotopic (exact) mass is 435 g/mol. The summed E-state index contributed by atoms with van der Waals surface area (Å²) in [4.78, 5) is 22.3. The van der Waals surface area contributed by atoms with E-state index in [1.54, 1.807) is 7.11 Å². The highest BCUT2D eigenvalue weighted by atomic mass is 32.2. The van der Waals surface area contributed by atoms with Gasteiger partial charge in [0.05, 0.1) is 5.25 Å². The van der Waals surface area contributed by atoms with Crippen LogP contribution in [0, 0.1) is 0 Å². The topological polar surface area (TPSA) is 73.9 Å². The third-order valence-electron chi connectivity index (χ3n) is 4.25. The van der Waals surface area contributed by atoms with Crippen molar-refractivity contribution in [1.82, 2.24) is 5.32 Å². The first-order valence-electron chi connectivity index (χ1n) is 9.02. The van der Waals surface area contributed by atoms with E-state index in [9.17, 15) is 9.59 Å². The lowest BCUT2D eigenvalue weighted by Gasteiger charge is -2.20. The number of rotatable bonds is 12. The van der Waals surface area contributed by atoms with Crippen LogP contribution in [0.3, 0.4) is 0 Å². The van der Waals surface area contributed by atoms with Gasteiger partial charge in [-0.3, -0.25) is 14.9 Å².